The summed E-state index contributed by atoms with van der Waals surface area (Å²) in [5.41, 5.74) is 1.73. The molecule has 2 aliphatic heterocycles. The summed E-state index contributed by atoms with van der Waals surface area (Å²) in [7, 11) is 0. The van der Waals surface area contributed by atoms with Crippen molar-refractivity contribution in [3.05, 3.63) is 39.1 Å². The van der Waals surface area contributed by atoms with Gasteiger partial charge in [-0.1, -0.05) is 0 Å². The van der Waals surface area contributed by atoms with Crippen LogP contribution in [-0.4, -0.2) is 27.3 Å². The van der Waals surface area contributed by atoms with E-state index in [1.807, 2.05) is 22.9 Å². The molecule has 0 bridgehead atoms. The van der Waals surface area contributed by atoms with Crippen molar-refractivity contribution in [3.8, 4) is 0 Å². The number of nitrogens with zero attached hydrogens (tertiary/aromatic N) is 1. The number of carboxylic acid groups (broad SMARTS) is 1. The molecule has 6 heteroatoms. The zero-order valence-corrected chi connectivity index (χ0v) is 10.1. The summed E-state index contributed by atoms with van der Waals surface area (Å²) in [4.78, 5) is 24.0. The van der Waals surface area contributed by atoms with Crippen molar-refractivity contribution in [2.75, 3.05) is 0 Å². The molecule has 1 fully saturated rings. The van der Waals surface area contributed by atoms with E-state index < -0.39 is 5.97 Å². The van der Waals surface area contributed by atoms with Gasteiger partial charge in [0.15, 0.2) is 0 Å². The number of thiophene rings is 1. The Kier molecular flexibility index (Phi) is 2.34. The fourth-order valence-corrected chi connectivity index (χ4v) is 3.54. The maximum atomic E-state index is 11.8. The third-order valence-electron chi connectivity index (χ3n) is 2.62. The molecule has 0 aliphatic carbocycles. The van der Waals surface area contributed by atoms with Gasteiger partial charge in [-0.25, -0.2) is 4.79 Å². The van der Waals surface area contributed by atoms with E-state index in [1.54, 1.807) is 11.3 Å². The second-order valence-electron chi connectivity index (χ2n) is 3.63. The Hall–Kier alpha value is -1.53. The number of carbonyl (C=O) groups is 2. The molecule has 3 heterocycles. The number of carboxylic acids is 1. The molecule has 1 aromatic heterocycles. The first-order valence-electron chi connectivity index (χ1n) is 4.85. The van der Waals surface area contributed by atoms with Crippen molar-refractivity contribution >= 4 is 41.1 Å². The van der Waals surface area contributed by atoms with E-state index in [4.69, 9.17) is 5.11 Å². The molecule has 17 heavy (non-hydrogen) atoms. The lowest BCUT2D eigenvalue weighted by atomic mass is 10.0. The number of rotatable bonds is 2. The van der Waals surface area contributed by atoms with E-state index in [0.717, 1.165) is 5.56 Å². The smallest absolute Gasteiger partial charge is 0.353 e. The third kappa shape index (κ3) is 1.52. The van der Waals surface area contributed by atoms with Crippen molar-refractivity contribution in [2.45, 2.75) is 5.37 Å². The largest absolute Gasteiger partial charge is 0.477 e. The Morgan fingerprint density at radius 2 is 2.35 bits per heavy atom. The number of carbonyl (C=O) groups excluding carboxylic acids is 1. The van der Waals surface area contributed by atoms with E-state index in [0.29, 0.717) is 5.57 Å². The predicted molar refractivity (Wildman–Crippen MR) is 66.2 cm³/mol. The lowest BCUT2D eigenvalue weighted by Crippen LogP contribution is -2.51. The van der Waals surface area contributed by atoms with Crippen LogP contribution < -0.4 is 0 Å². The highest BCUT2D eigenvalue weighted by Gasteiger charge is 2.49. The highest BCUT2D eigenvalue weighted by atomic mass is 32.2. The molecule has 0 unspecified atom stereocenters. The number of hydrogen-bond donors (Lipinski definition) is 1. The first-order chi connectivity index (χ1) is 8.18. The van der Waals surface area contributed by atoms with E-state index in [1.165, 1.54) is 22.1 Å². The Labute approximate surface area is 105 Å². The first kappa shape index (κ1) is 10.6. The zero-order valence-electron chi connectivity index (χ0n) is 8.49. The van der Waals surface area contributed by atoms with Crippen molar-refractivity contribution in [2.24, 2.45) is 0 Å². The fourth-order valence-electron chi connectivity index (χ4n) is 1.80. The van der Waals surface area contributed by atoms with Crippen LogP contribution in [0.1, 0.15) is 5.56 Å². The lowest BCUT2D eigenvalue weighted by molar-refractivity contribution is -0.141. The van der Waals surface area contributed by atoms with Gasteiger partial charge in [0, 0.05) is 5.41 Å². The first-order valence-corrected chi connectivity index (χ1v) is 6.73. The molecule has 0 saturated carbocycles. The number of aliphatic carboxylic acids is 1. The quantitative estimate of drug-likeness (QED) is 0.656. The average molecular weight is 265 g/mol. The van der Waals surface area contributed by atoms with E-state index in [2.05, 4.69) is 0 Å². The zero-order chi connectivity index (χ0) is 12.0. The fraction of sp³-hybridized carbons (Fsp3) is 0.0909. The summed E-state index contributed by atoms with van der Waals surface area (Å²) in [6.07, 6.45) is 1.83. The third-order valence-corrected chi connectivity index (χ3v) is 4.40. The molecule has 3 rings (SSSR count). The topological polar surface area (TPSA) is 57.6 Å². The van der Waals surface area contributed by atoms with Crippen molar-refractivity contribution in [1.29, 1.82) is 0 Å². The van der Waals surface area contributed by atoms with Gasteiger partial charge in [0.05, 0.1) is 5.57 Å². The summed E-state index contributed by atoms with van der Waals surface area (Å²) in [6, 6.07) is 1.93. The second kappa shape index (κ2) is 3.75. The van der Waals surface area contributed by atoms with Gasteiger partial charge in [0.2, 0.25) is 0 Å². The minimum atomic E-state index is -1.05. The van der Waals surface area contributed by atoms with Crippen LogP contribution in [-0.2, 0) is 9.59 Å². The Balaban J connectivity index is 1.87. The highest BCUT2D eigenvalue weighted by molar-refractivity contribution is 8.03. The van der Waals surface area contributed by atoms with E-state index >= 15 is 0 Å². The van der Waals surface area contributed by atoms with Gasteiger partial charge in [0.1, 0.15) is 11.1 Å². The predicted octanol–water partition coefficient (Wildman–Crippen LogP) is 1.97. The van der Waals surface area contributed by atoms with Crippen LogP contribution >= 0.6 is 23.1 Å². The van der Waals surface area contributed by atoms with Gasteiger partial charge in [-0.15, -0.1) is 11.8 Å². The number of β-lactam (4-membered cyclic amide) rings is 1. The van der Waals surface area contributed by atoms with Gasteiger partial charge in [-0.3, -0.25) is 9.69 Å². The van der Waals surface area contributed by atoms with Crippen LogP contribution in [0, 0.1) is 0 Å². The standard InChI is InChI=1S/C11H7NO3S2/c13-9-7(3-6-1-2-16-4-6)10-12(9)8(5-17-10)11(14)15/h1-5,10H,(H,14,15)/b7-3+/t10-/m1/s1. The summed E-state index contributed by atoms with van der Waals surface area (Å²) in [5.74, 6) is -1.26. The SMILES string of the molecule is O=C(O)C1=CS[C@@H]2/C(=C/c3ccsc3)C(=O)N12. The minimum absolute atomic E-state index is 0.0764. The maximum absolute atomic E-state index is 11.8. The van der Waals surface area contributed by atoms with Crippen LogP contribution in [0.3, 0.4) is 0 Å². The summed E-state index contributed by atoms with van der Waals surface area (Å²) >= 11 is 2.92. The molecule has 1 N–H and O–H groups in total. The van der Waals surface area contributed by atoms with Crippen molar-refractivity contribution in [1.82, 2.24) is 4.90 Å². The Morgan fingerprint density at radius 3 is 3.00 bits per heavy atom. The molecule has 1 amide bonds. The number of amides is 1. The van der Waals surface area contributed by atoms with Crippen LogP contribution in [0.25, 0.3) is 6.08 Å². The molecular formula is C11H7NO3S2. The van der Waals surface area contributed by atoms with Crippen LogP contribution in [0.15, 0.2) is 33.5 Å². The molecule has 0 spiro atoms. The highest BCUT2D eigenvalue weighted by Crippen LogP contribution is 2.45. The molecule has 1 atom stereocenters. The summed E-state index contributed by atoms with van der Waals surface area (Å²) in [5, 5.41) is 14.2. The van der Waals surface area contributed by atoms with Gasteiger partial charge in [-0.05, 0) is 28.5 Å². The van der Waals surface area contributed by atoms with Crippen molar-refractivity contribution in [3.63, 3.8) is 0 Å². The van der Waals surface area contributed by atoms with Gasteiger partial charge >= 0.3 is 5.97 Å². The van der Waals surface area contributed by atoms with Crippen LogP contribution in [0.2, 0.25) is 0 Å². The number of fused-ring (bicyclic) bond motifs is 1. The second-order valence-corrected chi connectivity index (χ2v) is 5.36. The lowest BCUT2D eigenvalue weighted by Gasteiger charge is -2.37. The summed E-state index contributed by atoms with van der Waals surface area (Å²) in [6.45, 7) is 0. The molecule has 0 aromatic carbocycles. The molecule has 1 saturated heterocycles. The average Bonchev–Trinajstić information content (AvgIpc) is 2.93. The van der Waals surface area contributed by atoms with E-state index in [-0.39, 0.29) is 17.0 Å². The molecule has 4 nitrogen and oxygen atoms in total. The van der Waals surface area contributed by atoms with Crippen LogP contribution in [0.5, 0.6) is 0 Å². The molecular weight excluding hydrogens is 258 g/mol. The Morgan fingerprint density at radius 1 is 1.53 bits per heavy atom. The maximum Gasteiger partial charge on any atom is 0.353 e. The Bertz CT molecular complexity index is 559. The summed E-state index contributed by atoms with van der Waals surface area (Å²) < 4.78 is 0. The molecule has 1 aromatic rings. The van der Waals surface area contributed by atoms with Gasteiger partial charge in [0.25, 0.3) is 5.91 Å². The monoisotopic (exact) mass is 265 g/mol. The van der Waals surface area contributed by atoms with E-state index in [9.17, 15) is 9.59 Å². The molecule has 0 radical (unpaired) electrons. The van der Waals surface area contributed by atoms with Gasteiger partial charge < -0.3 is 5.11 Å². The van der Waals surface area contributed by atoms with Crippen molar-refractivity contribution < 1.29 is 14.7 Å². The number of hydrogen-bond acceptors (Lipinski definition) is 4. The normalized spacial score (nSPS) is 24.6. The van der Waals surface area contributed by atoms with Gasteiger partial charge in [-0.2, -0.15) is 11.3 Å². The molecule has 2 aliphatic rings. The number of thioether (sulfide) groups is 1. The minimum Gasteiger partial charge on any atom is -0.477 e. The van der Waals surface area contributed by atoms with Crippen LogP contribution in [0.4, 0.5) is 0 Å². The molecule has 86 valence electrons.